The van der Waals surface area contributed by atoms with Crippen LogP contribution >= 0.6 is 11.3 Å². The number of hydrogen-bond acceptors (Lipinski definition) is 5. The predicted molar refractivity (Wildman–Crippen MR) is 57.6 cm³/mol. The molecule has 0 bridgehead atoms. The summed E-state index contributed by atoms with van der Waals surface area (Å²) in [5, 5.41) is 13.6. The molecule has 1 N–H and O–H groups in total. The summed E-state index contributed by atoms with van der Waals surface area (Å²) in [5.74, 6) is 0.472. The standard InChI is InChI=1S/C9H17N3OS/c1-7(2)9-12-11-8(14-9)6-10-4-5-13-3/h7,10H,4-6H2,1-3H3. The molecule has 1 aromatic heterocycles. The van der Waals surface area contributed by atoms with Gasteiger partial charge in [0.15, 0.2) is 0 Å². The minimum absolute atomic E-state index is 0.472. The van der Waals surface area contributed by atoms with Crippen LogP contribution < -0.4 is 5.32 Å². The van der Waals surface area contributed by atoms with Gasteiger partial charge >= 0.3 is 0 Å². The van der Waals surface area contributed by atoms with Crippen LogP contribution in [0.15, 0.2) is 0 Å². The van der Waals surface area contributed by atoms with Crippen molar-refractivity contribution in [1.82, 2.24) is 15.5 Å². The van der Waals surface area contributed by atoms with Gasteiger partial charge in [0.2, 0.25) is 0 Å². The van der Waals surface area contributed by atoms with E-state index in [0.717, 1.165) is 29.7 Å². The molecule has 0 amide bonds. The Hall–Kier alpha value is -0.520. The highest BCUT2D eigenvalue weighted by Gasteiger charge is 2.06. The molecule has 1 aromatic rings. The lowest BCUT2D eigenvalue weighted by Gasteiger charge is -1.99. The van der Waals surface area contributed by atoms with E-state index in [1.807, 2.05) is 0 Å². The maximum absolute atomic E-state index is 4.93. The van der Waals surface area contributed by atoms with Crippen molar-refractivity contribution in [3.63, 3.8) is 0 Å². The second-order valence-electron chi connectivity index (χ2n) is 3.36. The van der Waals surface area contributed by atoms with Crippen LogP contribution in [-0.4, -0.2) is 30.5 Å². The molecule has 0 aliphatic carbocycles. The molecule has 80 valence electrons. The van der Waals surface area contributed by atoms with E-state index in [2.05, 4.69) is 29.4 Å². The predicted octanol–water partition coefficient (Wildman–Crippen LogP) is 1.40. The molecule has 4 nitrogen and oxygen atoms in total. The Morgan fingerprint density at radius 2 is 2.21 bits per heavy atom. The molecule has 14 heavy (non-hydrogen) atoms. The Morgan fingerprint density at radius 1 is 1.43 bits per heavy atom. The molecule has 0 aromatic carbocycles. The molecule has 0 radical (unpaired) electrons. The van der Waals surface area contributed by atoms with E-state index in [-0.39, 0.29) is 0 Å². The van der Waals surface area contributed by atoms with Crippen molar-refractivity contribution in [1.29, 1.82) is 0 Å². The third-order valence-corrected chi connectivity index (χ3v) is 2.96. The zero-order chi connectivity index (χ0) is 10.4. The van der Waals surface area contributed by atoms with Gasteiger partial charge in [-0.25, -0.2) is 0 Å². The van der Waals surface area contributed by atoms with E-state index in [0.29, 0.717) is 5.92 Å². The zero-order valence-corrected chi connectivity index (χ0v) is 9.73. The molecule has 0 saturated carbocycles. The Kier molecular flexibility index (Phi) is 5.00. The molecular weight excluding hydrogens is 198 g/mol. The average Bonchev–Trinajstić information content (AvgIpc) is 2.61. The van der Waals surface area contributed by atoms with Gasteiger partial charge in [0.05, 0.1) is 6.61 Å². The maximum atomic E-state index is 4.93. The van der Waals surface area contributed by atoms with E-state index < -0.39 is 0 Å². The van der Waals surface area contributed by atoms with Crippen molar-refractivity contribution in [3.05, 3.63) is 10.0 Å². The van der Waals surface area contributed by atoms with Crippen LogP contribution in [0, 0.1) is 0 Å². The molecule has 0 aliphatic heterocycles. The first-order chi connectivity index (χ1) is 6.74. The molecule has 0 aliphatic rings. The van der Waals surface area contributed by atoms with Crippen molar-refractivity contribution in [2.24, 2.45) is 0 Å². The highest BCUT2D eigenvalue weighted by Crippen LogP contribution is 2.18. The quantitative estimate of drug-likeness (QED) is 0.729. The fourth-order valence-electron chi connectivity index (χ4n) is 0.941. The number of nitrogens with zero attached hydrogens (tertiary/aromatic N) is 2. The Morgan fingerprint density at radius 3 is 2.79 bits per heavy atom. The van der Waals surface area contributed by atoms with Gasteiger partial charge in [-0.1, -0.05) is 25.2 Å². The van der Waals surface area contributed by atoms with Crippen molar-refractivity contribution in [2.45, 2.75) is 26.3 Å². The van der Waals surface area contributed by atoms with Crippen molar-refractivity contribution in [3.8, 4) is 0 Å². The number of methoxy groups -OCH3 is 1. The summed E-state index contributed by atoms with van der Waals surface area (Å²) in [6.45, 7) is 6.63. The third-order valence-electron chi connectivity index (χ3n) is 1.74. The summed E-state index contributed by atoms with van der Waals surface area (Å²) < 4.78 is 4.93. The highest BCUT2D eigenvalue weighted by atomic mass is 32.1. The van der Waals surface area contributed by atoms with Gasteiger partial charge in [-0.3, -0.25) is 0 Å². The van der Waals surface area contributed by atoms with Crippen molar-refractivity contribution < 1.29 is 4.74 Å². The van der Waals surface area contributed by atoms with Gasteiger partial charge in [-0.05, 0) is 0 Å². The fourth-order valence-corrected chi connectivity index (χ4v) is 1.76. The minimum atomic E-state index is 0.472. The summed E-state index contributed by atoms with van der Waals surface area (Å²) >= 11 is 1.67. The van der Waals surface area contributed by atoms with Crippen LogP contribution in [0.4, 0.5) is 0 Å². The summed E-state index contributed by atoms with van der Waals surface area (Å²) in [7, 11) is 1.70. The largest absolute Gasteiger partial charge is 0.383 e. The van der Waals surface area contributed by atoms with Gasteiger partial charge in [0, 0.05) is 26.1 Å². The topological polar surface area (TPSA) is 47.0 Å². The van der Waals surface area contributed by atoms with Crippen molar-refractivity contribution >= 4 is 11.3 Å². The van der Waals surface area contributed by atoms with Gasteiger partial charge in [0.25, 0.3) is 0 Å². The lowest BCUT2D eigenvalue weighted by Crippen LogP contribution is -2.18. The summed E-state index contributed by atoms with van der Waals surface area (Å²) in [5.41, 5.74) is 0. The monoisotopic (exact) mass is 215 g/mol. The number of rotatable bonds is 6. The van der Waals surface area contributed by atoms with Crippen molar-refractivity contribution in [2.75, 3.05) is 20.3 Å². The second kappa shape index (κ2) is 6.06. The number of nitrogens with one attached hydrogen (secondary N) is 1. The van der Waals surface area contributed by atoms with Crippen LogP contribution in [0.2, 0.25) is 0 Å². The van der Waals surface area contributed by atoms with Gasteiger partial charge in [-0.15, -0.1) is 10.2 Å². The summed E-state index contributed by atoms with van der Waals surface area (Å²) in [6, 6.07) is 0. The first-order valence-corrected chi connectivity index (χ1v) is 5.57. The summed E-state index contributed by atoms with van der Waals surface area (Å²) in [4.78, 5) is 0. The van der Waals surface area contributed by atoms with E-state index >= 15 is 0 Å². The highest BCUT2D eigenvalue weighted by molar-refractivity contribution is 7.11. The lowest BCUT2D eigenvalue weighted by molar-refractivity contribution is 0.199. The Balaban J connectivity index is 2.29. The third kappa shape index (κ3) is 3.69. The van der Waals surface area contributed by atoms with Crippen LogP contribution in [-0.2, 0) is 11.3 Å². The van der Waals surface area contributed by atoms with E-state index in [9.17, 15) is 0 Å². The molecule has 5 heteroatoms. The van der Waals surface area contributed by atoms with Crippen LogP contribution in [0.1, 0.15) is 29.8 Å². The first kappa shape index (κ1) is 11.6. The number of ether oxygens (including phenoxy) is 1. The molecule has 0 unspecified atom stereocenters. The van der Waals surface area contributed by atoms with Crippen LogP contribution in [0.3, 0.4) is 0 Å². The Bertz CT molecular complexity index is 262. The average molecular weight is 215 g/mol. The van der Waals surface area contributed by atoms with Crippen LogP contribution in [0.5, 0.6) is 0 Å². The molecule has 1 rings (SSSR count). The normalized spacial score (nSPS) is 11.1. The fraction of sp³-hybridized carbons (Fsp3) is 0.778. The smallest absolute Gasteiger partial charge is 0.131 e. The molecule has 0 atom stereocenters. The molecule has 1 heterocycles. The first-order valence-electron chi connectivity index (χ1n) is 4.76. The zero-order valence-electron chi connectivity index (χ0n) is 8.91. The van der Waals surface area contributed by atoms with Gasteiger partial charge in [-0.2, -0.15) is 0 Å². The lowest BCUT2D eigenvalue weighted by atomic mass is 10.2. The number of hydrogen-bond donors (Lipinski definition) is 1. The second-order valence-corrected chi connectivity index (χ2v) is 4.45. The molecule has 0 spiro atoms. The molecule has 0 saturated heterocycles. The van der Waals surface area contributed by atoms with Gasteiger partial charge < -0.3 is 10.1 Å². The minimum Gasteiger partial charge on any atom is -0.383 e. The van der Waals surface area contributed by atoms with Gasteiger partial charge in [0.1, 0.15) is 10.0 Å². The number of aromatic nitrogens is 2. The maximum Gasteiger partial charge on any atom is 0.131 e. The SMILES string of the molecule is COCCNCc1nnc(C(C)C)s1. The molecule has 0 fully saturated rings. The van der Waals surface area contributed by atoms with E-state index in [1.165, 1.54) is 0 Å². The van der Waals surface area contributed by atoms with E-state index in [1.54, 1.807) is 18.4 Å². The van der Waals surface area contributed by atoms with E-state index in [4.69, 9.17) is 4.74 Å². The summed E-state index contributed by atoms with van der Waals surface area (Å²) in [6.07, 6.45) is 0. The van der Waals surface area contributed by atoms with Crippen LogP contribution in [0.25, 0.3) is 0 Å². The Labute approximate surface area is 88.7 Å². The molecular formula is C9H17N3OS.